The number of benzene rings is 2. The first kappa shape index (κ1) is 18.4. The zero-order valence-electron chi connectivity index (χ0n) is 15.6. The van der Waals surface area contributed by atoms with Crippen molar-refractivity contribution in [2.45, 2.75) is 19.4 Å². The minimum Gasteiger partial charge on any atom is -0.494 e. The smallest absolute Gasteiger partial charge is 0.247 e. The number of ether oxygens (including phenoxy) is 1. The molecular weight excluding hydrogens is 376 g/mol. The van der Waals surface area contributed by atoms with Crippen LogP contribution in [-0.4, -0.2) is 41.4 Å². The molecule has 7 nitrogen and oxygen atoms in total. The van der Waals surface area contributed by atoms with Crippen LogP contribution in [-0.2, 0) is 10.0 Å². The van der Waals surface area contributed by atoms with E-state index < -0.39 is 16.1 Å². The molecule has 1 aromatic heterocycles. The maximum atomic E-state index is 12.4. The highest BCUT2D eigenvalue weighted by Crippen LogP contribution is 2.37. The summed E-state index contributed by atoms with van der Waals surface area (Å²) < 4.78 is 31.5. The van der Waals surface area contributed by atoms with Gasteiger partial charge in [-0.3, -0.25) is 9.97 Å². The van der Waals surface area contributed by atoms with E-state index in [1.165, 1.54) is 10.7 Å². The van der Waals surface area contributed by atoms with Gasteiger partial charge in [-0.1, -0.05) is 12.1 Å². The van der Waals surface area contributed by atoms with Crippen LogP contribution < -0.4 is 4.74 Å². The topological polar surface area (TPSA) is 84.8 Å². The number of hydrazone groups is 1. The molecule has 144 valence electrons. The van der Waals surface area contributed by atoms with Crippen molar-refractivity contribution in [2.75, 3.05) is 12.9 Å². The van der Waals surface area contributed by atoms with Gasteiger partial charge in [0, 0.05) is 24.4 Å². The Morgan fingerprint density at radius 2 is 1.86 bits per heavy atom. The number of nitrogens with zero attached hydrogens (tertiary/aromatic N) is 4. The molecule has 0 aliphatic carbocycles. The Bertz CT molecular complexity index is 1140. The fourth-order valence-corrected chi connectivity index (χ4v) is 4.29. The molecule has 0 amide bonds. The first-order valence-electron chi connectivity index (χ1n) is 8.97. The van der Waals surface area contributed by atoms with E-state index in [9.17, 15) is 8.42 Å². The van der Waals surface area contributed by atoms with Gasteiger partial charge in [-0.05, 0) is 42.8 Å². The molecule has 0 bridgehead atoms. The zero-order chi connectivity index (χ0) is 19.7. The van der Waals surface area contributed by atoms with Crippen molar-refractivity contribution in [3.8, 4) is 5.75 Å². The van der Waals surface area contributed by atoms with Crippen molar-refractivity contribution >= 4 is 26.8 Å². The van der Waals surface area contributed by atoms with Crippen LogP contribution in [0.1, 0.15) is 30.5 Å². The van der Waals surface area contributed by atoms with Gasteiger partial charge in [0.1, 0.15) is 5.75 Å². The summed E-state index contributed by atoms with van der Waals surface area (Å²) >= 11 is 0. The second-order valence-electron chi connectivity index (χ2n) is 6.53. The van der Waals surface area contributed by atoms with Gasteiger partial charge >= 0.3 is 0 Å². The first-order valence-corrected chi connectivity index (χ1v) is 10.8. The van der Waals surface area contributed by atoms with Crippen LogP contribution in [0.2, 0.25) is 0 Å². The largest absolute Gasteiger partial charge is 0.494 e. The predicted octanol–water partition coefficient (Wildman–Crippen LogP) is 3.14. The lowest BCUT2D eigenvalue weighted by Crippen LogP contribution is -2.26. The number of para-hydroxylation sites is 1. The SMILES string of the molecule is CCOc1ccc(C2=NN(S(C)(=O)=O)C(c3cccc4nccnc34)C2)cc1. The number of sulfonamides is 1. The van der Waals surface area contributed by atoms with E-state index in [0.717, 1.165) is 22.4 Å². The molecule has 0 fully saturated rings. The van der Waals surface area contributed by atoms with Gasteiger partial charge in [0.25, 0.3) is 0 Å². The molecule has 3 aromatic rings. The minimum absolute atomic E-state index is 0.455. The highest BCUT2D eigenvalue weighted by Gasteiger charge is 2.35. The summed E-state index contributed by atoms with van der Waals surface area (Å²) in [6.07, 6.45) is 4.86. The lowest BCUT2D eigenvalue weighted by molar-refractivity contribution is 0.340. The summed E-state index contributed by atoms with van der Waals surface area (Å²) in [7, 11) is -3.55. The van der Waals surface area contributed by atoms with E-state index in [-0.39, 0.29) is 0 Å². The first-order chi connectivity index (χ1) is 13.5. The van der Waals surface area contributed by atoms with Gasteiger partial charge in [-0.2, -0.15) is 9.52 Å². The summed E-state index contributed by atoms with van der Waals surface area (Å²) in [6, 6.07) is 12.7. The lowest BCUT2D eigenvalue weighted by Gasteiger charge is -2.22. The third-order valence-corrected chi connectivity index (χ3v) is 5.62. The van der Waals surface area contributed by atoms with Gasteiger partial charge in [-0.25, -0.2) is 8.42 Å². The molecule has 0 radical (unpaired) electrons. The standard InChI is InChI=1S/C20H20N4O3S/c1-3-27-15-9-7-14(8-10-15)18-13-19(24(23-18)28(2,25)26)16-5-4-6-17-20(16)22-12-11-21-17/h4-12,19H,3,13H2,1-2H3. The van der Waals surface area contributed by atoms with Crippen LogP contribution in [0.4, 0.5) is 0 Å². The Labute approximate surface area is 163 Å². The van der Waals surface area contributed by atoms with Crippen molar-refractivity contribution in [2.24, 2.45) is 5.10 Å². The molecule has 0 N–H and O–H groups in total. The fraction of sp³-hybridized carbons (Fsp3) is 0.250. The fourth-order valence-electron chi connectivity index (χ4n) is 3.39. The second-order valence-corrected chi connectivity index (χ2v) is 8.37. The van der Waals surface area contributed by atoms with Crippen molar-refractivity contribution < 1.29 is 13.2 Å². The predicted molar refractivity (Wildman–Crippen MR) is 108 cm³/mol. The molecule has 2 aromatic carbocycles. The summed E-state index contributed by atoms with van der Waals surface area (Å²) in [4.78, 5) is 8.74. The number of hydrogen-bond acceptors (Lipinski definition) is 6. The Kier molecular flexibility index (Phi) is 4.72. The number of fused-ring (bicyclic) bond motifs is 1. The van der Waals surface area contributed by atoms with Crippen molar-refractivity contribution in [3.05, 3.63) is 66.0 Å². The zero-order valence-corrected chi connectivity index (χ0v) is 16.4. The van der Waals surface area contributed by atoms with Gasteiger partial charge in [0.05, 0.1) is 35.6 Å². The van der Waals surface area contributed by atoms with Crippen LogP contribution in [0.15, 0.2) is 60.0 Å². The number of rotatable bonds is 5. The van der Waals surface area contributed by atoms with E-state index in [1.54, 1.807) is 12.4 Å². The minimum atomic E-state index is -3.55. The Hall–Kier alpha value is -3.00. The van der Waals surface area contributed by atoms with Gasteiger partial charge in [-0.15, -0.1) is 0 Å². The summed E-state index contributed by atoms with van der Waals surface area (Å²) in [6.45, 7) is 2.52. The molecular formula is C20H20N4O3S. The average Bonchev–Trinajstić information content (AvgIpc) is 3.14. The van der Waals surface area contributed by atoms with Crippen LogP contribution in [0.5, 0.6) is 5.75 Å². The molecule has 2 heterocycles. The molecule has 8 heteroatoms. The van der Waals surface area contributed by atoms with E-state index in [1.807, 2.05) is 49.4 Å². The lowest BCUT2D eigenvalue weighted by atomic mass is 9.98. The maximum absolute atomic E-state index is 12.4. The van der Waals surface area contributed by atoms with Crippen LogP contribution in [0.3, 0.4) is 0 Å². The van der Waals surface area contributed by atoms with Crippen LogP contribution in [0, 0.1) is 0 Å². The average molecular weight is 396 g/mol. The Balaban J connectivity index is 1.75. The molecule has 1 aliphatic rings. The van der Waals surface area contributed by atoms with Crippen molar-refractivity contribution in [3.63, 3.8) is 0 Å². The summed E-state index contributed by atoms with van der Waals surface area (Å²) in [5.74, 6) is 0.769. The maximum Gasteiger partial charge on any atom is 0.247 e. The van der Waals surface area contributed by atoms with Gasteiger partial charge in [0.2, 0.25) is 10.0 Å². The highest BCUT2D eigenvalue weighted by molar-refractivity contribution is 7.88. The van der Waals surface area contributed by atoms with Crippen molar-refractivity contribution in [1.29, 1.82) is 0 Å². The van der Waals surface area contributed by atoms with E-state index in [0.29, 0.717) is 24.3 Å². The van der Waals surface area contributed by atoms with E-state index in [2.05, 4.69) is 15.1 Å². The summed E-state index contributed by atoms with van der Waals surface area (Å²) in [5, 5.41) is 4.44. The molecule has 0 saturated heterocycles. The second kappa shape index (κ2) is 7.20. The third-order valence-electron chi connectivity index (χ3n) is 4.60. The monoisotopic (exact) mass is 396 g/mol. The molecule has 28 heavy (non-hydrogen) atoms. The van der Waals surface area contributed by atoms with Crippen molar-refractivity contribution in [1.82, 2.24) is 14.4 Å². The van der Waals surface area contributed by atoms with Gasteiger partial charge < -0.3 is 4.74 Å². The summed E-state index contributed by atoms with van der Waals surface area (Å²) in [5.41, 5.74) is 3.78. The molecule has 0 saturated carbocycles. The Morgan fingerprint density at radius 1 is 1.11 bits per heavy atom. The molecule has 4 rings (SSSR count). The van der Waals surface area contributed by atoms with Crippen LogP contribution >= 0.6 is 0 Å². The van der Waals surface area contributed by atoms with E-state index in [4.69, 9.17) is 4.74 Å². The van der Waals surface area contributed by atoms with Gasteiger partial charge in [0.15, 0.2) is 0 Å². The molecule has 1 aliphatic heterocycles. The Morgan fingerprint density at radius 3 is 2.57 bits per heavy atom. The highest BCUT2D eigenvalue weighted by atomic mass is 32.2. The number of aromatic nitrogens is 2. The third kappa shape index (κ3) is 3.43. The molecule has 1 atom stereocenters. The molecule has 1 unspecified atom stereocenters. The quantitative estimate of drug-likeness (QED) is 0.661. The number of hydrogen-bond donors (Lipinski definition) is 0. The normalized spacial score (nSPS) is 17.0. The molecule has 0 spiro atoms. The van der Waals surface area contributed by atoms with E-state index >= 15 is 0 Å². The van der Waals surface area contributed by atoms with Crippen LogP contribution in [0.25, 0.3) is 11.0 Å².